The maximum absolute atomic E-state index is 11.8. The summed E-state index contributed by atoms with van der Waals surface area (Å²) in [6.07, 6.45) is 5.69. The van der Waals surface area contributed by atoms with Crippen molar-refractivity contribution in [3.63, 3.8) is 0 Å². The third kappa shape index (κ3) is 3.88. The van der Waals surface area contributed by atoms with E-state index in [1.54, 1.807) is 0 Å². The van der Waals surface area contributed by atoms with Crippen LogP contribution in [0.15, 0.2) is 47.5 Å². The molecule has 2 aromatic rings. The lowest BCUT2D eigenvalue weighted by Crippen LogP contribution is -2.31. The third-order valence-electron chi connectivity index (χ3n) is 3.89. The second kappa shape index (κ2) is 7.26. The van der Waals surface area contributed by atoms with Gasteiger partial charge in [0.2, 0.25) is 5.78 Å². The van der Waals surface area contributed by atoms with Crippen LogP contribution in [-0.2, 0) is 0 Å². The van der Waals surface area contributed by atoms with E-state index in [9.17, 15) is 4.79 Å². The fourth-order valence-corrected chi connectivity index (χ4v) is 3.25. The molecule has 4 heteroatoms. The van der Waals surface area contributed by atoms with Gasteiger partial charge in [0.1, 0.15) is 5.82 Å². The Bertz CT molecular complexity index is 771. The number of nitrogens with zero attached hydrogens (tertiary/aromatic N) is 2. The summed E-state index contributed by atoms with van der Waals surface area (Å²) in [5.41, 5.74) is 2.52. The van der Waals surface area contributed by atoms with Crippen LogP contribution in [0.5, 0.6) is 0 Å². The Morgan fingerprint density at radius 3 is 2.83 bits per heavy atom. The number of ketones is 1. The van der Waals surface area contributed by atoms with Crippen molar-refractivity contribution in [3.05, 3.63) is 57.9 Å². The predicted octanol–water partition coefficient (Wildman–Crippen LogP) is 3.86. The summed E-state index contributed by atoms with van der Waals surface area (Å²) in [6.45, 7) is 3.99. The first-order valence-corrected chi connectivity index (χ1v) is 8.56. The Labute approximate surface area is 140 Å². The van der Waals surface area contributed by atoms with Crippen molar-refractivity contribution in [1.29, 1.82) is 0 Å². The zero-order valence-corrected chi connectivity index (χ0v) is 13.9. The first-order valence-electron chi connectivity index (χ1n) is 7.68. The fourth-order valence-electron chi connectivity index (χ4n) is 2.63. The first kappa shape index (κ1) is 15.5. The number of carbonyl (C=O) groups is 1. The normalized spacial score (nSPS) is 14.1. The molecule has 0 unspecified atom stereocenters. The number of hydrogen-bond donors (Lipinski definition) is 0. The Morgan fingerprint density at radius 2 is 2.13 bits per heavy atom. The van der Waals surface area contributed by atoms with Crippen molar-refractivity contribution < 1.29 is 4.79 Å². The molecule has 2 aromatic heterocycles. The monoisotopic (exact) mass is 322 g/mol. The molecule has 1 saturated heterocycles. The van der Waals surface area contributed by atoms with Gasteiger partial charge in [-0.25, -0.2) is 4.98 Å². The van der Waals surface area contributed by atoms with E-state index in [-0.39, 0.29) is 5.78 Å². The smallest absolute Gasteiger partial charge is 0.246 e. The van der Waals surface area contributed by atoms with Gasteiger partial charge in [-0.1, -0.05) is 23.6 Å². The van der Waals surface area contributed by atoms with Crippen LogP contribution in [0, 0.1) is 18.8 Å². The number of anilines is 1. The molecular formula is C19H18N2OS. The van der Waals surface area contributed by atoms with Gasteiger partial charge < -0.3 is 4.90 Å². The standard InChI is InChI=1S/C19H18N2OS/c1-15-5-3-11-20-19(15)21-12-9-16(10-13-21)6-2-7-17(22)18-8-4-14-23-18/h3-6,8,11,14H,9-10,12-13H2,1H3. The number of thiophene rings is 1. The van der Waals surface area contributed by atoms with Gasteiger partial charge in [-0.15, -0.1) is 11.3 Å². The van der Waals surface area contributed by atoms with Crippen molar-refractivity contribution in [1.82, 2.24) is 4.98 Å². The van der Waals surface area contributed by atoms with E-state index in [0.29, 0.717) is 4.88 Å². The van der Waals surface area contributed by atoms with Crippen LogP contribution < -0.4 is 4.90 Å². The molecule has 0 radical (unpaired) electrons. The summed E-state index contributed by atoms with van der Waals surface area (Å²) >= 11 is 1.43. The van der Waals surface area contributed by atoms with Gasteiger partial charge in [-0.05, 0) is 54.8 Å². The lowest BCUT2D eigenvalue weighted by Gasteiger charge is -2.30. The molecule has 0 atom stereocenters. The molecule has 116 valence electrons. The van der Waals surface area contributed by atoms with E-state index in [2.05, 4.69) is 34.7 Å². The van der Waals surface area contributed by atoms with Crippen LogP contribution in [0.1, 0.15) is 28.1 Å². The quantitative estimate of drug-likeness (QED) is 0.478. The number of pyridine rings is 1. The summed E-state index contributed by atoms with van der Waals surface area (Å²) in [6, 6.07) is 7.74. The fraction of sp³-hybridized carbons (Fsp3) is 0.263. The largest absolute Gasteiger partial charge is 0.356 e. The average molecular weight is 322 g/mol. The molecule has 1 aliphatic rings. The van der Waals surface area contributed by atoms with E-state index >= 15 is 0 Å². The highest BCUT2D eigenvalue weighted by atomic mass is 32.1. The lowest BCUT2D eigenvalue weighted by atomic mass is 10.0. The van der Waals surface area contributed by atoms with Crippen LogP contribution in [0.4, 0.5) is 5.82 Å². The summed E-state index contributed by atoms with van der Waals surface area (Å²) in [7, 11) is 0. The molecule has 0 amide bonds. The highest BCUT2D eigenvalue weighted by Gasteiger charge is 2.16. The number of rotatable bonds is 2. The maximum Gasteiger partial charge on any atom is 0.246 e. The van der Waals surface area contributed by atoms with Crippen LogP contribution in [0.25, 0.3) is 0 Å². The van der Waals surface area contributed by atoms with E-state index in [1.165, 1.54) is 22.5 Å². The number of piperidine rings is 1. The van der Waals surface area contributed by atoms with Gasteiger partial charge in [0, 0.05) is 19.3 Å². The van der Waals surface area contributed by atoms with Crippen LogP contribution in [0.3, 0.4) is 0 Å². The van der Waals surface area contributed by atoms with Crippen molar-refractivity contribution in [2.45, 2.75) is 19.8 Å². The second-order valence-electron chi connectivity index (χ2n) is 5.51. The molecule has 0 bridgehead atoms. The number of Topliss-reactive ketones (excluding diaryl/α,β-unsaturated/α-hetero) is 1. The van der Waals surface area contributed by atoms with Gasteiger partial charge >= 0.3 is 0 Å². The van der Waals surface area contributed by atoms with Crippen molar-refractivity contribution in [2.75, 3.05) is 18.0 Å². The van der Waals surface area contributed by atoms with Gasteiger partial charge in [-0.3, -0.25) is 4.79 Å². The van der Waals surface area contributed by atoms with E-state index in [0.717, 1.165) is 31.7 Å². The lowest BCUT2D eigenvalue weighted by molar-refractivity contribution is 0.106. The summed E-state index contributed by atoms with van der Waals surface area (Å²) < 4.78 is 0. The first-order chi connectivity index (χ1) is 11.2. The van der Waals surface area contributed by atoms with Gasteiger partial charge in [0.25, 0.3) is 0 Å². The summed E-state index contributed by atoms with van der Waals surface area (Å²) in [5, 5.41) is 1.89. The van der Waals surface area contributed by atoms with Crippen molar-refractivity contribution in [2.24, 2.45) is 0 Å². The summed E-state index contributed by atoms with van der Waals surface area (Å²) in [5.74, 6) is 6.60. The third-order valence-corrected chi connectivity index (χ3v) is 4.76. The molecule has 0 N–H and O–H groups in total. The number of aryl methyl sites for hydroxylation is 1. The minimum absolute atomic E-state index is 0.0987. The topological polar surface area (TPSA) is 33.2 Å². The molecule has 3 nitrogen and oxygen atoms in total. The van der Waals surface area contributed by atoms with Crippen LogP contribution in [0.2, 0.25) is 0 Å². The van der Waals surface area contributed by atoms with Crippen LogP contribution >= 0.6 is 11.3 Å². The molecule has 1 fully saturated rings. The highest BCUT2D eigenvalue weighted by Crippen LogP contribution is 2.23. The SMILES string of the molecule is Cc1cccnc1N1CCC(=CC#CC(=O)c2cccs2)CC1. The predicted molar refractivity (Wildman–Crippen MR) is 94.9 cm³/mol. The van der Waals surface area contributed by atoms with Gasteiger partial charge in [0.05, 0.1) is 4.88 Å². The maximum atomic E-state index is 11.8. The molecule has 0 aromatic carbocycles. The Balaban J connectivity index is 1.59. The molecule has 0 saturated carbocycles. The number of aromatic nitrogens is 1. The van der Waals surface area contributed by atoms with E-state index in [1.807, 2.05) is 35.9 Å². The zero-order valence-electron chi connectivity index (χ0n) is 13.1. The number of hydrogen-bond acceptors (Lipinski definition) is 4. The number of allylic oxidation sites excluding steroid dienone is 1. The van der Waals surface area contributed by atoms with E-state index in [4.69, 9.17) is 0 Å². The minimum atomic E-state index is -0.0987. The zero-order chi connectivity index (χ0) is 16.1. The summed E-state index contributed by atoms with van der Waals surface area (Å²) in [4.78, 5) is 19.3. The van der Waals surface area contributed by atoms with E-state index < -0.39 is 0 Å². The van der Waals surface area contributed by atoms with Crippen LogP contribution in [-0.4, -0.2) is 23.9 Å². The van der Waals surface area contributed by atoms with Crippen molar-refractivity contribution in [3.8, 4) is 11.8 Å². The molecule has 3 heterocycles. The molecule has 1 aliphatic heterocycles. The number of carbonyl (C=O) groups excluding carboxylic acids is 1. The molecule has 0 spiro atoms. The van der Waals surface area contributed by atoms with Gasteiger partial charge in [-0.2, -0.15) is 0 Å². The molecule has 0 aliphatic carbocycles. The van der Waals surface area contributed by atoms with Gasteiger partial charge in [0.15, 0.2) is 0 Å². The second-order valence-corrected chi connectivity index (χ2v) is 6.46. The molecular weight excluding hydrogens is 304 g/mol. The Hall–Kier alpha value is -2.38. The Kier molecular flexibility index (Phi) is 4.89. The minimum Gasteiger partial charge on any atom is -0.356 e. The average Bonchev–Trinajstić information content (AvgIpc) is 3.11. The van der Waals surface area contributed by atoms with Crippen molar-refractivity contribution >= 4 is 22.9 Å². The Morgan fingerprint density at radius 1 is 1.30 bits per heavy atom. The highest BCUT2D eigenvalue weighted by molar-refractivity contribution is 7.12. The molecule has 23 heavy (non-hydrogen) atoms. The molecule has 3 rings (SSSR count).